The molecule has 0 bridgehead atoms. The SMILES string of the molecule is C=C(CCCC)N1CCN(C(=C)c2ccc3c(Cl)cc(-c4ccc(SNC)cc4)nc3c2)CC1. The molecule has 178 valence electrons. The lowest BCUT2D eigenvalue weighted by atomic mass is 10.1. The molecule has 34 heavy (non-hydrogen) atoms. The third-order valence-corrected chi connectivity index (χ3v) is 7.41. The lowest BCUT2D eigenvalue weighted by Gasteiger charge is -2.39. The summed E-state index contributed by atoms with van der Waals surface area (Å²) in [5.74, 6) is 0. The van der Waals surface area contributed by atoms with Crippen molar-refractivity contribution in [1.82, 2.24) is 19.5 Å². The molecule has 1 aliphatic heterocycles. The average molecular weight is 493 g/mol. The van der Waals surface area contributed by atoms with Crippen molar-refractivity contribution in [2.75, 3.05) is 33.2 Å². The predicted molar refractivity (Wildman–Crippen MR) is 148 cm³/mol. The zero-order valence-electron chi connectivity index (χ0n) is 20.1. The van der Waals surface area contributed by atoms with Gasteiger partial charge in [-0.15, -0.1) is 0 Å². The summed E-state index contributed by atoms with van der Waals surface area (Å²) in [5, 5.41) is 1.67. The molecular weight excluding hydrogens is 460 g/mol. The molecule has 2 heterocycles. The molecule has 1 N–H and O–H groups in total. The molecule has 0 atom stereocenters. The highest BCUT2D eigenvalue weighted by molar-refractivity contribution is 7.97. The van der Waals surface area contributed by atoms with Gasteiger partial charge in [-0.1, -0.05) is 62.4 Å². The Hall–Kier alpha value is -2.47. The van der Waals surface area contributed by atoms with Crippen LogP contribution in [0.2, 0.25) is 5.02 Å². The van der Waals surface area contributed by atoms with Crippen molar-refractivity contribution in [2.45, 2.75) is 31.1 Å². The molecule has 0 saturated carbocycles. The first kappa shape index (κ1) is 24.6. The van der Waals surface area contributed by atoms with Gasteiger partial charge < -0.3 is 9.80 Å². The van der Waals surface area contributed by atoms with Gasteiger partial charge in [-0.25, -0.2) is 4.98 Å². The molecule has 0 aliphatic carbocycles. The third kappa shape index (κ3) is 5.60. The smallest absolute Gasteiger partial charge is 0.0731 e. The van der Waals surface area contributed by atoms with E-state index in [9.17, 15) is 0 Å². The Bertz CT molecular complexity index is 1170. The van der Waals surface area contributed by atoms with Crippen LogP contribution in [0.5, 0.6) is 0 Å². The fourth-order valence-corrected chi connectivity index (χ4v) is 5.11. The van der Waals surface area contributed by atoms with E-state index in [1.165, 1.54) is 18.5 Å². The molecule has 1 aromatic heterocycles. The first-order chi connectivity index (χ1) is 16.5. The van der Waals surface area contributed by atoms with Crippen molar-refractivity contribution in [3.05, 3.63) is 78.0 Å². The molecule has 4 rings (SSSR count). The highest BCUT2D eigenvalue weighted by Gasteiger charge is 2.20. The number of nitrogens with one attached hydrogen (secondary N) is 1. The van der Waals surface area contributed by atoms with Gasteiger partial charge >= 0.3 is 0 Å². The van der Waals surface area contributed by atoms with E-state index in [2.05, 4.69) is 77.1 Å². The maximum atomic E-state index is 6.65. The van der Waals surface area contributed by atoms with Crippen LogP contribution in [0.4, 0.5) is 0 Å². The van der Waals surface area contributed by atoms with E-state index in [-0.39, 0.29) is 0 Å². The molecule has 1 saturated heterocycles. The van der Waals surface area contributed by atoms with Crippen molar-refractivity contribution in [3.8, 4) is 11.3 Å². The number of pyridine rings is 1. The van der Waals surface area contributed by atoms with Gasteiger partial charge in [-0.3, -0.25) is 4.72 Å². The Kier molecular flexibility index (Phi) is 8.19. The Balaban J connectivity index is 1.51. The normalized spacial score (nSPS) is 14.0. The average Bonchev–Trinajstić information content (AvgIpc) is 2.87. The van der Waals surface area contributed by atoms with Gasteiger partial charge in [0, 0.05) is 53.4 Å². The van der Waals surface area contributed by atoms with E-state index in [4.69, 9.17) is 16.6 Å². The first-order valence-corrected chi connectivity index (χ1v) is 13.1. The van der Waals surface area contributed by atoms with Crippen LogP contribution >= 0.6 is 23.5 Å². The quantitative estimate of drug-likeness (QED) is 0.323. The number of rotatable bonds is 9. The van der Waals surface area contributed by atoms with Crippen molar-refractivity contribution < 1.29 is 0 Å². The second-order valence-corrected chi connectivity index (χ2v) is 10.1. The van der Waals surface area contributed by atoms with Gasteiger partial charge in [0.25, 0.3) is 0 Å². The molecule has 4 nitrogen and oxygen atoms in total. The molecule has 1 aliphatic rings. The monoisotopic (exact) mass is 492 g/mol. The minimum Gasteiger partial charge on any atom is -0.372 e. The van der Waals surface area contributed by atoms with Crippen molar-refractivity contribution >= 4 is 40.1 Å². The zero-order chi connectivity index (χ0) is 24.1. The molecule has 0 spiro atoms. The number of unbranched alkanes of at least 4 members (excludes halogenated alkanes) is 1. The predicted octanol–water partition coefficient (Wildman–Crippen LogP) is 7.07. The summed E-state index contributed by atoms with van der Waals surface area (Å²) in [7, 11) is 1.92. The Morgan fingerprint density at radius 1 is 1.03 bits per heavy atom. The number of fused-ring (bicyclic) bond motifs is 1. The van der Waals surface area contributed by atoms with Gasteiger partial charge in [0.2, 0.25) is 0 Å². The largest absolute Gasteiger partial charge is 0.372 e. The number of allylic oxidation sites excluding steroid dienone is 1. The fourth-order valence-electron chi connectivity index (χ4n) is 4.34. The summed E-state index contributed by atoms with van der Waals surface area (Å²) >= 11 is 8.24. The van der Waals surface area contributed by atoms with Gasteiger partial charge in [-0.2, -0.15) is 0 Å². The maximum absolute atomic E-state index is 6.65. The van der Waals surface area contributed by atoms with Gasteiger partial charge in [0.05, 0.1) is 16.2 Å². The summed E-state index contributed by atoms with van der Waals surface area (Å²) in [6.45, 7) is 14.8. The molecule has 3 aromatic rings. The van der Waals surface area contributed by atoms with Crippen LogP contribution < -0.4 is 4.72 Å². The Morgan fingerprint density at radius 3 is 2.41 bits per heavy atom. The number of benzene rings is 2. The fraction of sp³-hybridized carbons (Fsp3) is 0.321. The minimum absolute atomic E-state index is 0.713. The van der Waals surface area contributed by atoms with Gasteiger partial charge in [0.1, 0.15) is 0 Å². The van der Waals surface area contributed by atoms with Crippen LogP contribution in [0.15, 0.2) is 72.3 Å². The summed E-state index contributed by atoms with van der Waals surface area (Å²) in [5.41, 5.74) is 6.21. The lowest BCUT2D eigenvalue weighted by Crippen LogP contribution is -2.44. The third-order valence-electron chi connectivity index (χ3n) is 6.39. The number of aromatic nitrogens is 1. The molecule has 2 aromatic carbocycles. The lowest BCUT2D eigenvalue weighted by molar-refractivity contribution is 0.209. The van der Waals surface area contributed by atoms with Crippen molar-refractivity contribution in [3.63, 3.8) is 0 Å². The summed E-state index contributed by atoms with van der Waals surface area (Å²) in [4.78, 5) is 10.9. The van der Waals surface area contributed by atoms with Crippen LogP contribution in [-0.4, -0.2) is 48.0 Å². The molecule has 0 unspecified atom stereocenters. The minimum atomic E-state index is 0.713. The van der Waals surface area contributed by atoms with E-state index in [0.717, 1.165) is 70.9 Å². The maximum Gasteiger partial charge on any atom is 0.0731 e. The number of hydrogen-bond donors (Lipinski definition) is 1. The number of halogens is 1. The molecule has 0 amide bonds. The zero-order valence-corrected chi connectivity index (χ0v) is 21.7. The van der Waals surface area contributed by atoms with Crippen LogP contribution in [0.1, 0.15) is 31.7 Å². The van der Waals surface area contributed by atoms with E-state index < -0.39 is 0 Å². The summed E-state index contributed by atoms with van der Waals surface area (Å²) in [6, 6.07) is 16.6. The highest BCUT2D eigenvalue weighted by atomic mass is 35.5. The van der Waals surface area contributed by atoms with Gasteiger partial charge in [-0.05, 0) is 61.7 Å². The van der Waals surface area contributed by atoms with Gasteiger partial charge in [0.15, 0.2) is 0 Å². The van der Waals surface area contributed by atoms with Crippen LogP contribution in [-0.2, 0) is 0 Å². The van der Waals surface area contributed by atoms with E-state index >= 15 is 0 Å². The van der Waals surface area contributed by atoms with E-state index in [1.54, 1.807) is 11.9 Å². The number of hydrogen-bond acceptors (Lipinski definition) is 5. The van der Waals surface area contributed by atoms with Crippen LogP contribution in [0, 0.1) is 0 Å². The Labute approximate surface area is 212 Å². The summed E-state index contributed by atoms with van der Waals surface area (Å²) in [6.07, 6.45) is 3.51. The Morgan fingerprint density at radius 2 is 1.74 bits per heavy atom. The second-order valence-electron chi connectivity index (χ2n) is 8.64. The number of nitrogens with zero attached hydrogens (tertiary/aromatic N) is 3. The molecule has 1 fully saturated rings. The summed E-state index contributed by atoms with van der Waals surface area (Å²) < 4.78 is 3.10. The standard InChI is InChI=1S/C28H33ClN4S/c1-5-6-7-20(2)32-14-16-33(17-15-32)21(3)23-10-13-25-26(29)19-27(31-28(25)18-23)22-8-11-24(12-9-22)34-30-4/h8-13,18-19,30H,2-3,5-7,14-17H2,1,4H3. The van der Waals surface area contributed by atoms with Crippen molar-refractivity contribution in [2.24, 2.45) is 0 Å². The molecule has 6 heteroatoms. The van der Waals surface area contributed by atoms with Crippen molar-refractivity contribution in [1.29, 1.82) is 0 Å². The topological polar surface area (TPSA) is 31.4 Å². The van der Waals surface area contributed by atoms with Crippen LogP contribution in [0.3, 0.4) is 0 Å². The molecule has 0 radical (unpaired) electrons. The number of piperazine rings is 1. The highest BCUT2D eigenvalue weighted by Crippen LogP contribution is 2.31. The van der Waals surface area contributed by atoms with E-state index in [0.29, 0.717) is 5.02 Å². The van der Waals surface area contributed by atoms with E-state index in [1.807, 2.05) is 13.1 Å². The molecular formula is C28H33ClN4S. The second kappa shape index (κ2) is 11.3. The first-order valence-electron chi connectivity index (χ1n) is 11.9. The van der Waals surface area contributed by atoms with Crippen LogP contribution in [0.25, 0.3) is 27.9 Å².